The van der Waals surface area contributed by atoms with Crippen molar-refractivity contribution in [2.24, 2.45) is 0 Å². The van der Waals surface area contributed by atoms with E-state index in [2.05, 4.69) is 377 Å². The summed E-state index contributed by atoms with van der Waals surface area (Å²) in [5.41, 5.74) is 31.2. The van der Waals surface area contributed by atoms with Crippen LogP contribution in [0.1, 0.15) is 106 Å². The summed E-state index contributed by atoms with van der Waals surface area (Å²) in [6, 6.07) is 100. The van der Waals surface area contributed by atoms with E-state index in [-0.39, 0.29) is 28.4 Å². The molecule has 0 amide bonds. The molecule has 478 valence electrons. The number of benzene rings is 11. The van der Waals surface area contributed by atoms with E-state index in [1.165, 1.54) is 38.3 Å². The van der Waals surface area contributed by atoms with Crippen molar-refractivity contribution in [3.63, 3.8) is 0 Å². The molecule has 0 N–H and O–H groups in total. The summed E-state index contributed by atoms with van der Waals surface area (Å²) in [5.74, 6) is 0. The third kappa shape index (κ3) is 10.6. The second-order valence-electron chi connectivity index (χ2n) is 31.0. The lowest BCUT2D eigenvalue weighted by molar-refractivity contribution is 0.553. The van der Waals surface area contributed by atoms with Crippen molar-refractivity contribution in [1.29, 1.82) is 0 Å². The minimum Gasteiger partial charge on any atom is -0.310 e. The van der Waals surface area contributed by atoms with Gasteiger partial charge in [-0.25, -0.2) is 0 Å². The fraction of sp³-hybridized carbons (Fsp3) is 0.174. The fourth-order valence-electron chi connectivity index (χ4n) is 15.5. The molecule has 98 heavy (non-hydrogen) atoms. The van der Waals surface area contributed by atoms with Crippen LogP contribution in [0.15, 0.2) is 279 Å². The van der Waals surface area contributed by atoms with E-state index in [1.807, 2.05) is 0 Å². The molecule has 14 aromatic rings. The average Bonchev–Trinajstić information content (AvgIpc) is 0.788. The summed E-state index contributed by atoms with van der Waals surface area (Å²) in [6.45, 7) is 27.4. The molecular weight excluding hydrogens is 1190 g/mol. The molecule has 16 rings (SSSR count). The monoisotopic (exact) mass is 1270 g/mol. The summed E-state index contributed by atoms with van der Waals surface area (Å²) in [6.07, 6.45) is 4.34. The minimum atomic E-state index is -0.308. The Morgan fingerprint density at radius 2 is 0.622 bits per heavy atom. The van der Waals surface area contributed by atoms with Crippen LogP contribution in [0.3, 0.4) is 0 Å². The number of fused-ring (bicyclic) bond motifs is 7. The predicted octanol–water partition coefficient (Wildman–Crippen LogP) is 22.8. The summed E-state index contributed by atoms with van der Waals surface area (Å²) < 4.78 is 2.52. The van der Waals surface area contributed by atoms with E-state index >= 15 is 0 Å². The summed E-state index contributed by atoms with van der Waals surface area (Å²) in [4.78, 5) is 16.1. The molecule has 0 fully saturated rings. The van der Waals surface area contributed by atoms with Crippen molar-refractivity contribution in [3.8, 4) is 72.4 Å². The van der Waals surface area contributed by atoms with Crippen molar-refractivity contribution in [2.75, 3.05) is 9.80 Å². The lowest BCUT2D eigenvalue weighted by Gasteiger charge is -2.46. The fourth-order valence-corrected chi connectivity index (χ4v) is 15.5. The number of anilines is 6. The van der Waals surface area contributed by atoms with Gasteiger partial charge in [0.1, 0.15) is 0 Å². The zero-order chi connectivity index (χ0) is 67.6. The minimum absolute atomic E-state index is 0.153. The molecular formula is C92H82BN5. The van der Waals surface area contributed by atoms with Crippen LogP contribution in [0.4, 0.5) is 34.1 Å². The highest BCUT2D eigenvalue weighted by Gasteiger charge is 2.46. The first-order chi connectivity index (χ1) is 47.2. The molecule has 5 heterocycles. The Kier molecular flexibility index (Phi) is 14.9. The van der Waals surface area contributed by atoms with Gasteiger partial charge in [-0.05, 0) is 120 Å². The zero-order valence-electron chi connectivity index (χ0n) is 58.4. The second-order valence-corrected chi connectivity index (χ2v) is 31.0. The molecule has 0 aliphatic carbocycles. The zero-order valence-corrected chi connectivity index (χ0v) is 58.4. The highest BCUT2D eigenvalue weighted by Crippen LogP contribution is 2.54. The number of hydrogen-bond acceptors (Lipinski definition) is 4. The van der Waals surface area contributed by atoms with Gasteiger partial charge in [0.25, 0.3) is 6.71 Å². The Morgan fingerprint density at radius 3 is 0.959 bits per heavy atom. The molecule has 2 aliphatic rings. The number of hydrogen-bond donors (Lipinski definition) is 0. The van der Waals surface area contributed by atoms with Gasteiger partial charge in [-0.3, -0.25) is 9.97 Å². The predicted molar refractivity (Wildman–Crippen MR) is 418 cm³/mol. The van der Waals surface area contributed by atoms with Crippen molar-refractivity contribution >= 4 is 79.0 Å². The molecule has 0 saturated carbocycles. The molecule has 5 nitrogen and oxygen atoms in total. The number of aromatic nitrogens is 3. The number of pyridine rings is 2. The van der Waals surface area contributed by atoms with Crippen molar-refractivity contribution in [2.45, 2.75) is 105 Å². The summed E-state index contributed by atoms with van der Waals surface area (Å²) in [7, 11) is 0. The Balaban J connectivity index is 1.12. The normalized spacial score (nSPS) is 13.0. The smallest absolute Gasteiger partial charge is 0.252 e. The molecule has 2 aliphatic heterocycles. The van der Waals surface area contributed by atoms with Crippen LogP contribution in [0.2, 0.25) is 0 Å². The Bertz CT molecular complexity index is 4980. The van der Waals surface area contributed by atoms with E-state index in [9.17, 15) is 0 Å². The lowest BCUT2D eigenvalue weighted by atomic mass is 9.33. The Labute approximate surface area is 578 Å². The first-order valence-corrected chi connectivity index (χ1v) is 34.7. The molecule has 3 aromatic heterocycles. The first-order valence-electron chi connectivity index (χ1n) is 34.7. The second kappa shape index (κ2) is 23.5. The van der Waals surface area contributed by atoms with Gasteiger partial charge < -0.3 is 14.4 Å². The molecule has 0 bridgehead atoms. The maximum absolute atomic E-state index is 5.36. The number of para-hydroxylation sites is 4. The van der Waals surface area contributed by atoms with E-state index < -0.39 is 0 Å². The average molecular weight is 1270 g/mol. The van der Waals surface area contributed by atoms with Gasteiger partial charge in [-0.2, -0.15) is 0 Å². The number of rotatable bonds is 9. The first kappa shape index (κ1) is 62.0. The van der Waals surface area contributed by atoms with Gasteiger partial charge in [0.2, 0.25) is 0 Å². The number of nitrogens with zero attached hydrogens (tertiary/aromatic N) is 5. The lowest BCUT2D eigenvalue weighted by Crippen LogP contribution is -2.61. The standard InChI is InChI=1S/C92H82BN5/c1-89(2,3)74-55-84(91(7,8)9)94-57-72(74)63-47-49-80-76(51-63)93-77-52-64(73-58-95-85(92(10,11)12)56-75(73)90(4,5)6)48-50-81(77)98(88-68(61-35-21-15-22-36-61)43-30-44-69(88)62-37-23-16-24-38-62)83-54-65(96-78-45-27-25-39-70(78)71-40-26-28-46-79(71)96)53-82(86(83)93)97(80)87-66(59-31-17-13-18-32-59)41-29-42-67(87)60-33-19-14-20-34-60/h13-58H,1-12H3. The van der Waals surface area contributed by atoms with Gasteiger partial charge in [-0.1, -0.05) is 301 Å². The summed E-state index contributed by atoms with van der Waals surface area (Å²) >= 11 is 0. The molecule has 0 radical (unpaired) electrons. The SMILES string of the molecule is CC(C)(C)c1cc(C(C)(C)C)c(-c2ccc3c(c2)B2c4cc(-c5cnc(C(C)(C)C)cc5C(C)(C)C)ccc4N(c4c(-c5ccccc5)cccc4-c4ccccc4)c4cc(-n5c6ccccc6c6ccccc65)cc(c42)N3c2c(-c3ccccc3)cccc2-c2ccccc2)cn1. The third-order valence-corrected chi connectivity index (χ3v) is 20.3. The third-order valence-electron chi connectivity index (χ3n) is 20.3. The van der Waals surface area contributed by atoms with E-state index in [1.54, 1.807) is 0 Å². The summed E-state index contributed by atoms with van der Waals surface area (Å²) in [5, 5.41) is 2.41. The molecule has 6 heteroatoms. The molecule has 0 atom stereocenters. The van der Waals surface area contributed by atoms with Crippen molar-refractivity contribution in [3.05, 3.63) is 302 Å². The highest BCUT2D eigenvalue weighted by atomic mass is 15.2. The molecule has 11 aromatic carbocycles. The van der Waals surface area contributed by atoms with Gasteiger partial charge in [0, 0.05) is 102 Å². The Hall–Kier alpha value is -10.8. The van der Waals surface area contributed by atoms with Crippen LogP contribution in [0.5, 0.6) is 0 Å². The van der Waals surface area contributed by atoms with Crippen LogP contribution in [-0.4, -0.2) is 21.2 Å². The van der Waals surface area contributed by atoms with Crippen molar-refractivity contribution in [1.82, 2.24) is 14.5 Å². The Morgan fingerprint density at radius 1 is 0.286 bits per heavy atom. The van der Waals surface area contributed by atoms with E-state index in [0.29, 0.717) is 0 Å². The van der Waals surface area contributed by atoms with Gasteiger partial charge >= 0.3 is 0 Å². The van der Waals surface area contributed by atoms with Crippen LogP contribution < -0.4 is 26.2 Å². The van der Waals surface area contributed by atoms with Crippen LogP contribution >= 0.6 is 0 Å². The van der Waals surface area contributed by atoms with Crippen LogP contribution in [0.25, 0.3) is 94.3 Å². The maximum atomic E-state index is 5.36. The van der Waals surface area contributed by atoms with Crippen LogP contribution in [-0.2, 0) is 21.7 Å². The van der Waals surface area contributed by atoms with E-state index in [4.69, 9.17) is 9.97 Å². The largest absolute Gasteiger partial charge is 0.310 e. The van der Waals surface area contributed by atoms with Gasteiger partial charge in [0.05, 0.1) is 28.1 Å². The maximum Gasteiger partial charge on any atom is 0.252 e. The van der Waals surface area contributed by atoms with Crippen molar-refractivity contribution < 1.29 is 0 Å². The van der Waals surface area contributed by atoms with Gasteiger partial charge in [0.15, 0.2) is 0 Å². The van der Waals surface area contributed by atoms with Crippen LogP contribution in [0, 0.1) is 0 Å². The van der Waals surface area contributed by atoms with Gasteiger partial charge in [-0.15, -0.1) is 0 Å². The highest BCUT2D eigenvalue weighted by molar-refractivity contribution is 7.00. The molecule has 0 saturated heterocycles. The van der Waals surface area contributed by atoms with E-state index in [0.717, 1.165) is 129 Å². The topological polar surface area (TPSA) is 37.2 Å². The quantitative estimate of drug-likeness (QED) is 0.135. The molecule has 0 spiro atoms. The molecule has 0 unspecified atom stereocenters.